The lowest BCUT2D eigenvalue weighted by Crippen LogP contribution is -2.03. The molecule has 6 aromatic heterocycles. The van der Waals surface area contributed by atoms with Crippen LogP contribution >= 0.6 is 0 Å². The molecule has 112 heavy (non-hydrogen) atoms. The summed E-state index contributed by atoms with van der Waals surface area (Å²) in [6.07, 6.45) is 0. The van der Waals surface area contributed by atoms with Gasteiger partial charge in [-0.05, 0) is 100 Å². The second-order valence-corrected chi connectivity index (χ2v) is 27.9. The van der Waals surface area contributed by atoms with Crippen LogP contribution in [0.5, 0.6) is 0 Å². The smallest absolute Gasteiger partial charge is 0.166 e. The normalized spacial score (nSPS) is 11.6. The molecule has 0 saturated heterocycles. The first-order valence-corrected chi connectivity index (χ1v) is 37.6. The van der Waals surface area contributed by atoms with Crippen LogP contribution < -0.4 is 0 Å². The molecule has 0 bridgehead atoms. The number of furan rings is 2. The average molecular weight is 1430 g/mol. The second kappa shape index (κ2) is 27.5. The molecule has 16 aromatic carbocycles. The van der Waals surface area contributed by atoms with Gasteiger partial charge in [-0.15, -0.1) is 0 Å². The molecule has 524 valence electrons. The fourth-order valence-electron chi connectivity index (χ4n) is 16.2. The SMILES string of the molecule is c1ccc(-c2ccc(-c3nc(-c4ccccc4)nc(-c4ccccc4-n4c5ccccc5c5ccc6oc7c(-c8ccccc8)cccc7c6c54)n3)cc2)cc1.c1ccc(-c2cccc(-c3nc(-c4ccccc4)nc(-c4ccccc4-n4c5ccccc5c5ccc6oc7c(-c8ccccc8)cccc7c6c54)n3)c2)cc1. The van der Waals surface area contributed by atoms with E-state index >= 15 is 0 Å². The minimum Gasteiger partial charge on any atom is -0.455 e. The van der Waals surface area contributed by atoms with Crippen molar-refractivity contribution in [2.75, 3.05) is 0 Å². The summed E-state index contributed by atoms with van der Waals surface area (Å²) < 4.78 is 18.3. The predicted octanol–water partition coefficient (Wildman–Crippen LogP) is 26.4. The first-order chi connectivity index (χ1) is 55.6. The van der Waals surface area contributed by atoms with Gasteiger partial charge < -0.3 is 18.0 Å². The van der Waals surface area contributed by atoms with E-state index in [4.69, 9.17) is 38.7 Å². The molecule has 0 N–H and O–H groups in total. The van der Waals surface area contributed by atoms with Crippen LogP contribution in [0, 0.1) is 0 Å². The van der Waals surface area contributed by atoms with Crippen molar-refractivity contribution in [1.82, 2.24) is 39.0 Å². The maximum atomic E-state index is 6.77. The zero-order valence-electron chi connectivity index (χ0n) is 60.3. The summed E-state index contributed by atoms with van der Waals surface area (Å²) in [6.45, 7) is 0. The van der Waals surface area contributed by atoms with Crippen molar-refractivity contribution in [1.29, 1.82) is 0 Å². The molecule has 0 atom stereocenters. The molecule has 6 heterocycles. The van der Waals surface area contributed by atoms with Gasteiger partial charge in [0.15, 0.2) is 34.9 Å². The molecule has 0 aliphatic rings. The summed E-state index contributed by atoms with van der Waals surface area (Å²) in [5.41, 5.74) is 24.1. The highest BCUT2D eigenvalue weighted by Crippen LogP contribution is 2.47. The van der Waals surface area contributed by atoms with Gasteiger partial charge in [0.05, 0.1) is 44.2 Å². The van der Waals surface area contributed by atoms with Gasteiger partial charge in [0.2, 0.25) is 0 Å². The summed E-state index contributed by atoms with van der Waals surface area (Å²) in [5.74, 6) is 3.65. The molecule has 0 fully saturated rings. The van der Waals surface area contributed by atoms with E-state index in [0.717, 1.165) is 177 Å². The Bertz CT molecular complexity index is 7340. The number of hydrogen-bond donors (Lipinski definition) is 0. The van der Waals surface area contributed by atoms with E-state index in [1.807, 2.05) is 84.9 Å². The molecule has 10 heteroatoms. The highest BCUT2D eigenvalue weighted by Gasteiger charge is 2.27. The Balaban J connectivity index is 0.000000141. The van der Waals surface area contributed by atoms with Crippen LogP contribution in [0.3, 0.4) is 0 Å². The Kier molecular flexibility index (Phi) is 16.0. The van der Waals surface area contributed by atoms with Crippen molar-refractivity contribution in [3.63, 3.8) is 0 Å². The highest BCUT2D eigenvalue weighted by molar-refractivity contribution is 6.27. The predicted molar refractivity (Wildman–Crippen MR) is 457 cm³/mol. The van der Waals surface area contributed by atoms with Gasteiger partial charge in [-0.2, -0.15) is 0 Å². The lowest BCUT2D eigenvalue weighted by atomic mass is 10.0. The number of fused-ring (bicyclic) bond motifs is 14. The highest BCUT2D eigenvalue weighted by atomic mass is 16.3. The minimum absolute atomic E-state index is 0.594. The molecule has 10 nitrogen and oxygen atoms in total. The van der Waals surface area contributed by atoms with Crippen LogP contribution in [0.1, 0.15) is 0 Å². The van der Waals surface area contributed by atoms with E-state index in [-0.39, 0.29) is 0 Å². The van der Waals surface area contributed by atoms with Gasteiger partial charge in [0.25, 0.3) is 0 Å². The van der Waals surface area contributed by atoms with Crippen LogP contribution in [0.4, 0.5) is 0 Å². The first-order valence-electron chi connectivity index (χ1n) is 37.6. The summed E-state index contributed by atoms with van der Waals surface area (Å²) in [7, 11) is 0. The van der Waals surface area contributed by atoms with E-state index in [9.17, 15) is 0 Å². The summed E-state index contributed by atoms with van der Waals surface area (Å²) in [5, 5.41) is 8.90. The third kappa shape index (κ3) is 11.4. The summed E-state index contributed by atoms with van der Waals surface area (Å²) >= 11 is 0. The van der Waals surface area contributed by atoms with E-state index in [1.54, 1.807) is 0 Å². The molecule has 0 spiro atoms. The largest absolute Gasteiger partial charge is 0.455 e. The fraction of sp³-hybridized carbons (Fsp3) is 0. The number of aromatic nitrogens is 8. The number of hydrogen-bond acceptors (Lipinski definition) is 8. The van der Waals surface area contributed by atoms with Crippen molar-refractivity contribution in [3.05, 3.63) is 388 Å². The monoisotopic (exact) mass is 1430 g/mol. The van der Waals surface area contributed by atoms with Gasteiger partial charge in [0.1, 0.15) is 22.3 Å². The lowest BCUT2D eigenvalue weighted by molar-refractivity contribution is 0.670. The van der Waals surface area contributed by atoms with Crippen LogP contribution in [-0.2, 0) is 0 Å². The van der Waals surface area contributed by atoms with Crippen LogP contribution in [-0.4, -0.2) is 39.0 Å². The Morgan fingerprint density at radius 2 is 0.482 bits per heavy atom. The molecule has 0 aliphatic carbocycles. The quantitative estimate of drug-likeness (QED) is 0.119. The molecule has 0 aliphatic heterocycles. The summed E-state index contributed by atoms with van der Waals surface area (Å²) in [4.78, 5) is 31.0. The van der Waals surface area contributed by atoms with Crippen molar-refractivity contribution in [2.45, 2.75) is 0 Å². The van der Waals surface area contributed by atoms with Gasteiger partial charge in [0, 0.05) is 76.8 Å². The van der Waals surface area contributed by atoms with Crippen LogP contribution in [0.15, 0.2) is 397 Å². The molecule has 0 unspecified atom stereocenters. The Hall–Kier alpha value is -15.3. The number of benzene rings is 16. The molecule has 0 amide bonds. The Labute approximate surface area is 643 Å². The zero-order valence-corrected chi connectivity index (χ0v) is 60.3. The molecular weight excluding hydrogens is 1370 g/mol. The average Bonchev–Trinajstić information content (AvgIpc) is 1.55. The van der Waals surface area contributed by atoms with Crippen molar-refractivity contribution in [3.8, 4) is 124 Å². The van der Waals surface area contributed by atoms with Gasteiger partial charge in [-0.25, -0.2) is 29.9 Å². The second-order valence-electron chi connectivity index (χ2n) is 27.9. The van der Waals surface area contributed by atoms with Gasteiger partial charge in [-0.1, -0.05) is 322 Å². The third-order valence-corrected chi connectivity index (χ3v) is 21.3. The minimum atomic E-state index is 0.594. The third-order valence-electron chi connectivity index (χ3n) is 21.3. The van der Waals surface area contributed by atoms with Gasteiger partial charge in [-0.3, -0.25) is 0 Å². The maximum Gasteiger partial charge on any atom is 0.166 e. The number of nitrogens with zero attached hydrogens (tertiary/aromatic N) is 8. The van der Waals surface area contributed by atoms with E-state index in [2.05, 4.69) is 312 Å². The Morgan fingerprint density at radius 3 is 0.929 bits per heavy atom. The van der Waals surface area contributed by atoms with Gasteiger partial charge >= 0.3 is 0 Å². The van der Waals surface area contributed by atoms with Crippen molar-refractivity contribution >= 4 is 87.5 Å². The van der Waals surface area contributed by atoms with Crippen molar-refractivity contribution < 1.29 is 8.83 Å². The fourth-order valence-corrected chi connectivity index (χ4v) is 16.2. The molecule has 22 aromatic rings. The molecule has 22 rings (SSSR count). The van der Waals surface area contributed by atoms with Crippen LogP contribution in [0.2, 0.25) is 0 Å². The van der Waals surface area contributed by atoms with Crippen LogP contribution in [0.25, 0.3) is 212 Å². The van der Waals surface area contributed by atoms with E-state index in [1.165, 1.54) is 0 Å². The number of rotatable bonds is 12. The topological polar surface area (TPSA) is 113 Å². The zero-order chi connectivity index (χ0) is 74.0. The Morgan fingerprint density at radius 1 is 0.188 bits per heavy atom. The molecular formula is C102H64N8O2. The first kappa shape index (κ1) is 65.1. The maximum absolute atomic E-state index is 6.77. The molecule has 0 saturated carbocycles. The van der Waals surface area contributed by atoms with Crippen molar-refractivity contribution in [2.24, 2.45) is 0 Å². The lowest BCUT2D eigenvalue weighted by Gasteiger charge is -2.15. The summed E-state index contributed by atoms with van der Waals surface area (Å²) in [6, 6.07) is 134. The molecule has 0 radical (unpaired) electrons. The standard InChI is InChI=1S/2C51H32N4O/c1-4-16-33(17-5-1)36-22-14-23-37(32-36)50-52-49(35-20-8-3-9-21-35)53-51(54-50)41-25-11-13-29-44(41)55-43-28-12-10-24-39(43)40-30-31-45-46(47(40)55)42-27-15-26-38(48(42)56-45)34-18-6-2-7-19-34;1-4-15-33(16-5-1)34-27-29-37(30-28-34)50-52-49(36-19-8-3-9-20-36)53-51(54-50)41-22-11-13-26-44(41)55-43-25-12-10-21-39(43)40-31-32-45-46(47(40)55)42-24-14-23-38(48(42)56-45)35-17-6-2-7-18-35/h2*1-32H. The van der Waals surface area contributed by atoms with E-state index < -0.39 is 0 Å². The van der Waals surface area contributed by atoms with E-state index in [0.29, 0.717) is 34.9 Å². The number of para-hydroxylation sites is 6.